The number of hydrogen-bond donors (Lipinski definition) is 3. The minimum absolute atomic E-state index is 0. The van der Waals surface area contributed by atoms with E-state index in [4.69, 9.17) is 22.6 Å². The first-order valence-electron chi connectivity index (χ1n) is 7.41. The number of aromatic hydroxyl groups is 1. The zero-order chi connectivity index (χ0) is 18.7. The molecule has 0 unspecified atom stereocenters. The van der Waals surface area contributed by atoms with E-state index in [1.807, 2.05) is 6.07 Å². The molecule has 2 aromatic heterocycles. The Balaban J connectivity index is 0.00000261. The van der Waals surface area contributed by atoms with E-state index in [2.05, 4.69) is 15.0 Å². The molecule has 0 bridgehead atoms. The number of nitrogens with two attached hydrogens (primary N) is 1. The van der Waals surface area contributed by atoms with Gasteiger partial charge in [-0.2, -0.15) is 10.2 Å². The standard InChI is InChI=1S/C18H12ClN5O2.CH4/c19-12-4-1-10(2-5-12)16(18-23-14(25)7-15(26)24-18)17(21)11-3-6-13(8-20)22-9-11;/h1-7,9H,21H2,(H2,23,24,25,26);1H4/b17-16-;. The fraction of sp³-hybridized carbons (Fsp3) is 0.0526. The molecule has 27 heavy (non-hydrogen) atoms. The Morgan fingerprint density at radius 1 is 1.19 bits per heavy atom. The number of halogens is 1. The summed E-state index contributed by atoms with van der Waals surface area (Å²) in [4.78, 5) is 22.3. The van der Waals surface area contributed by atoms with Crippen LogP contribution in [0.3, 0.4) is 0 Å². The average Bonchev–Trinajstić information content (AvgIpc) is 2.63. The van der Waals surface area contributed by atoms with Crippen LogP contribution >= 0.6 is 11.6 Å². The van der Waals surface area contributed by atoms with Gasteiger partial charge in [-0.15, -0.1) is 0 Å². The SMILES string of the molecule is C.N#Cc1ccc(/C(N)=C(\c2ccc(Cl)cc2)c2nc(O)cc(=O)[nH]2)cn1. The normalized spacial score (nSPS) is 11.1. The number of benzene rings is 1. The van der Waals surface area contributed by atoms with Gasteiger partial charge in [-0.3, -0.25) is 4.79 Å². The fourth-order valence-electron chi connectivity index (χ4n) is 2.36. The van der Waals surface area contributed by atoms with Crippen LogP contribution in [0.15, 0.2) is 53.5 Å². The molecule has 0 saturated carbocycles. The van der Waals surface area contributed by atoms with Crippen LogP contribution in [-0.4, -0.2) is 20.1 Å². The summed E-state index contributed by atoms with van der Waals surface area (Å²) in [5.74, 6) is -0.333. The third-order valence-electron chi connectivity index (χ3n) is 3.56. The van der Waals surface area contributed by atoms with E-state index in [0.717, 1.165) is 6.07 Å². The summed E-state index contributed by atoms with van der Waals surface area (Å²) in [6, 6.07) is 12.8. The number of nitrogens with zero attached hydrogens (tertiary/aromatic N) is 3. The maximum Gasteiger partial charge on any atom is 0.254 e. The van der Waals surface area contributed by atoms with Gasteiger partial charge in [0.15, 0.2) is 0 Å². The second-order valence-corrected chi connectivity index (χ2v) is 5.73. The van der Waals surface area contributed by atoms with E-state index in [1.54, 1.807) is 30.3 Å². The Labute approximate surface area is 160 Å². The predicted molar refractivity (Wildman–Crippen MR) is 104 cm³/mol. The summed E-state index contributed by atoms with van der Waals surface area (Å²) in [5.41, 5.74) is 7.85. The molecule has 1 aromatic carbocycles. The van der Waals surface area contributed by atoms with E-state index in [0.29, 0.717) is 21.7 Å². The molecule has 4 N–H and O–H groups in total. The van der Waals surface area contributed by atoms with Gasteiger partial charge < -0.3 is 15.8 Å². The molecular formula is C19H16ClN5O2. The van der Waals surface area contributed by atoms with Crippen molar-refractivity contribution < 1.29 is 5.11 Å². The molecular weight excluding hydrogens is 366 g/mol. The Morgan fingerprint density at radius 3 is 2.41 bits per heavy atom. The van der Waals surface area contributed by atoms with Crippen LogP contribution in [0.5, 0.6) is 5.88 Å². The number of pyridine rings is 1. The topological polar surface area (TPSA) is 129 Å². The zero-order valence-corrected chi connectivity index (χ0v) is 14.0. The van der Waals surface area contributed by atoms with Crippen LogP contribution in [0.2, 0.25) is 5.02 Å². The van der Waals surface area contributed by atoms with E-state index in [-0.39, 0.29) is 24.6 Å². The molecule has 2 heterocycles. The van der Waals surface area contributed by atoms with Gasteiger partial charge in [-0.1, -0.05) is 31.2 Å². The number of aromatic nitrogens is 3. The van der Waals surface area contributed by atoms with Crippen molar-refractivity contribution in [3.8, 4) is 11.9 Å². The highest BCUT2D eigenvalue weighted by molar-refractivity contribution is 6.30. The molecule has 3 aromatic rings. The lowest BCUT2D eigenvalue weighted by atomic mass is 9.99. The van der Waals surface area contributed by atoms with Gasteiger partial charge in [0.2, 0.25) is 5.88 Å². The lowest BCUT2D eigenvalue weighted by molar-refractivity contribution is 0.450. The van der Waals surface area contributed by atoms with Crippen molar-refractivity contribution >= 4 is 22.9 Å². The summed E-state index contributed by atoms with van der Waals surface area (Å²) in [7, 11) is 0. The van der Waals surface area contributed by atoms with Gasteiger partial charge in [0.1, 0.15) is 17.6 Å². The van der Waals surface area contributed by atoms with Gasteiger partial charge in [-0.25, -0.2) is 4.98 Å². The highest BCUT2D eigenvalue weighted by Gasteiger charge is 2.15. The number of nitriles is 1. The largest absolute Gasteiger partial charge is 0.493 e. The van der Waals surface area contributed by atoms with Gasteiger partial charge >= 0.3 is 0 Å². The maximum absolute atomic E-state index is 11.8. The molecule has 7 nitrogen and oxygen atoms in total. The van der Waals surface area contributed by atoms with Crippen molar-refractivity contribution in [3.63, 3.8) is 0 Å². The van der Waals surface area contributed by atoms with Crippen molar-refractivity contribution in [2.24, 2.45) is 5.73 Å². The molecule has 0 fully saturated rings. The second kappa shape index (κ2) is 8.17. The van der Waals surface area contributed by atoms with Crippen LogP contribution in [0.4, 0.5) is 0 Å². The monoisotopic (exact) mass is 381 g/mol. The number of aromatic amines is 1. The molecule has 0 aliphatic carbocycles. The van der Waals surface area contributed by atoms with E-state index >= 15 is 0 Å². The number of hydrogen-bond acceptors (Lipinski definition) is 6. The molecule has 0 amide bonds. The van der Waals surface area contributed by atoms with Gasteiger partial charge in [0.05, 0.1) is 11.8 Å². The van der Waals surface area contributed by atoms with Gasteiger partial charge in [-0.05, 0) is 29.8 Å². The van der Waals surface area contributed by atoms with Crippen LogP contribution in [0.1, 0.15) is 30.1 Å². The lowest BCUT2D eigenvalue weighted by Gasteiger charge is -2.12. The van der Waals surface area contributed by atoms with Crippen LogP contribution in [-0.2, 0) is 0 Å². The van der Waals surface area contributed by atoms with Gasteiger partial charge in [0, 0.05) is 22.4 Å². The Bertz CT molecular complexity index is 1080. The quantitative estimate of drug-likeness (QED) is 0.639. The molecule has 0 radical (unpaired) electrons. The summed E-state index contributed by atoms with van der Waals surface area (Å²) in [5, 5.41) is 19.1. The molecule has 0 spiro atoms. The van der Waals surface area contributed by atoms with E-state index < -0.39 is 11.4 Å². The molecule has 0 saturated heterocycles. The van der Waals surface area contributed by atoms with Crippen LogP contribution < -0.4 is 11.3 Å². The predicted octanol–water partition coefficient (Wildman–Crippen LogP) is 2.91. The third kappa shape index (κ3) is 4.32. The second-order valence-electron chi connectivity index (χ2n) is 5.29. The van der Waals surface area contributed by atoms with Gasteiger partial charge in [0.25, 0.3) is 5.56 Å². The maximum atomic E-state index is 11.8. The molecule has 136 valence electrons. The molecule has 3 rings (SSSR count). The summed E-state index contributed by atoms with van der Waals surface area (Å²) < 4.78 is 0. The summed E-state index contributed by atoms with van der Waals surface area (Å²) in [6.45, 7) is 0. The van der Waals surface area contributed by atoms with Crippen molar-refractivity contribution in [3.05, 3.63) is 86.7 Å². The highest BCUT2D eigenvalue weighted by atomic mass is 35.5. The van der Waals surface area contributed by atoms with E-state index in [9.17, 15) is 9.90 Å². The third-order valence-corrected chi connectivity index (χ3v) is 3.81. The zero-order valence-electron chi connectivity index (χ0n) is 13.3. The lowest BCUT2D eigenvalue weighted by Crippen LogP contribution is -2.12. The first-order valence-corrected chi connectivity index (χ1v) is 7.78. The van der Waals surface area contributed by atoms with Crippen molar-refractivity contribution in [1.82, 2.24) is 15.0 Å². The van der Waals surface area contributed by atoms with Crippen LogP contribution in [0.25, 0.3) is 11.3 Å². The Kier molecular flexibility index (Phi) is 5.96. The highest BCUT2D eigenvalue weighted by Crippen LogP contribution is 2.28. The number of H-pyrrole nitrogens is 1. The van der Waals surface area contributed by atoms with Crippen LogP contribution in [0, 0.1) is 11.3 Å². The van der Waals surface area contributed by atoms with E-state index in [1.165, 1.54) is 12.3 Å². The summed E-state index contributed by atoms with van der Waals surface area (Å²) >= 11 is 5.94. The number of nitrogens with one attached hydrogen (secondary N) is 1. The van der Waals surface area contributed by atoms with Crippen molar-refractivity contribution in [2.75, 3.05) is 0 Å². The molecule has 8 heteroatoms. The molecule has 0 atom stereocenters. The average molecular weight is 382 g/mol. The Morgan fingerprint density at radius 2 is 1.85 bits per heavy atom. The Hall–Kier alpha value is -3.63. The first-order chi connectivity index (χ1) is 12.5. The number of rotatable bonds is 3. The fourth-order valence-corrected chi connectivity index (χ4v) is 2.49. The smallest absolute Gasteiger partial charge is 0.254 e. The first kappa shape index (κ1) is 19.7. The summed E-state index contributed by atoms with van der Waals surface area (Å²) in [6.07, 6.45) is 1.45. The minimum Gasteiger partial charge on any atom is -0.493 e. The van der Waals surface area contributed by atoms with Crippen molar-refractivity contribution in [2.45, 2.75) is 7.43 Å². The molecule has 0 aliphatic heterocycles. The molecule has 0 aliphatic rings. The minimum atomic E-state index is -0.523. The van der Waals surface area contributed by atoms with Crippen molar-refractivity contribution in [1.29, 1.82) is 5.26 Å².